The molecule has 0 radical (unpaired) electrons. The highest BCUT2D eigenvalue weighted by molar-refractivity contribution is 7.18. The smallest absolute Gasteiger partial charge is 0.113 e. The van der Waals surface area contributed by atoms with E-state index in [4.69, 9.17) is 4.98 Å². The van der Waals surface area contributed by atoms with Crippen LogP contribution in [0, 0.1) is 0 Å². The number of aromatic nitrogens is 1. The number of thiazole rings is 1. The zero-order valence-electron chi connectivity index (χ0n) is 11.7. The van der Waals surface area contributed by atoms with E-state index in [9.17, 15) is 0 Å². The normalized spacial score (nSPS) is 15.0. The van der Waals surface area contributed by atoms with Gasteiger partial charge in [0.05, 0.1) is 16.8 Å². The number of benzene rings is 2. The maximum Gasteiger partial charge on any atom is 0.113 e. The molecule has 3 nitrogen and oxygen atoms in total. The van der Waals surface area contributed by atoms with Gasteiger partial charge in [0.15, 0.2) is 0 Å². The van der Waals surface area contributed by atoms with Gasteiger partial charge in [0.25, 0.3) is 0 Å². The van der Waals surface area contributed by atoms with Gasteiger partial charge in [-0.3, -0.25) is 0 Å². The van der Waals surface area contributed by atoms with Crippen LogP contribution in [-0.2, 0) is 13.1 Å². The molecule has 1 aromatic heterocycles. The fourth-order valence-electron chi connectivity index (χ4n) is 2.84. The highest BCUT2D eigenvalue weighted by Gasteiger charge is 2.16. The van der Waals surface area contributed by atoms with Crippen molar-refractivity contribution in [3.8, 4) is 0 Å². The van der Waals surface area contributed by atoms with E-state index in [1.165, 1.54) is 21.0 Å². The Balaban J connectivity index is 1.67. The predicted octanol–water partition coefficient (Wildman–Crippen LogP) is 3.41. The summed E-state index contributed by atoms with van der Waals surface area (Å²) in [4.78, 5) is 7.20. The number of fused-ring (bicyclic) bond motifs is 2. The summed E-state index contributed by atoms with van der Waals surface area (Å²) >= 11 is 1.80. The summed E-state index contributed by atoms with van der Waals surface area (Å²) in [6.07, 6.45) is 0. The molecule has 2 heterocycles. The Hall–Kier alpha value is -1.91. The van der Waals surface area contributed by atoms with Crippen molar-refractivity contribution in [2.75, 3.05) is 18.0 Å². The molecule has 0 unspecified atom stereocenters. The van der Waals surface area contributed by atoms with Crippen molar-refractivity contribution in [2.45, 2.75) is 13.1 Å². The van der Waals surface area contributed by atoms with E-state index >= 15 is 0 Å². The fraction of sp³-hybridized carbons (Fsp3) is 0.235. The third-order valence-electron chi connectivity index (χ3n) is 3.87. The summed E-state index contributed by atoms with van der Waals surface area (Å²) in [6, 6.07) is 17.0. The largest absolute Gasteiger partial charge is 0.363 e. The van der Waals surface area contributed by atoms with Gasteiger partial charge in [-0.1, -0.05) is 30.3 Å². The van der Waals surface area contributed by atoms with E-state index in [-0.39, 0.29) is 0 Å². The van der Waals surface area contributed by atoms with Crippen LogP contribution in [0.25, 0.3) is 10.2 Å². The SMILES string of the molecule is c1ccc2c(c1)CNCCN2Cc1nc2ccccc2s1. The van der Waals surface area contributed by atoms with Crippen LogP contribution in [0.15, 0.2) is 48.5 Å². The molecule has 4 rings (SSSR count). The molecule has 2 aromatic carbocycles. The molecule has 0 bridgehead atoms. The fourth-order valence-corrected chi connectivity index (χ4v) is 3.82. The van der Waals surface area contributed by atoms with Gasteiger partial charge in [-0.25, -0.2) is 4.98 Å². The van der Waals surface area contributed by atoms with Crippen molar-refractivity contribution in [2.24, 2.45) is 0 Å². The molecule has 1 N–H and O–H groups in total. The molecule has 0 atom stereocenters. The van der Waals surface area contributed by atoms with Crippen LogP contribution in [-0.4, -0.2) is 18.1 Å². The molecule has 106 valence electrons. The number of nitrogens with zero attached hydrogens (tertiary/aromatic N) is 2. The zero-order chi connectivity index (χ0) is 14.1. The lowest BCUT2D eigenvalue weighted by Gasteiger charge is -2.23. The van der Waals surface area contributed by atoms with Crippen LogP contribution in [0.1, 0.15) is 10.6 Å². The Bertz CT molecular complexity index is 732. The molecule has 0 fully saturated rings. The summed E-state index contributed by atoms with van der Waals surface area (Å²) in [5.41, 5.74) is 3.82. The molecule has 1 aliphatic rings. The van der Waals surface area contributed by atoms with Crippen molar-refractivity contribution < 1.29 is 0 Å². The second-order valence-corrected chi connectivity index (χ2v) is 6.42. The van der Waals surface area contributed by atoms with Crippen molar-refractivity contribution >= 4 is 27.2 Å². The molecule has 0 spiro atoms. The minimum absolute atomic E-state index is 0.887. The van der Waals surface area contributed by atoms with Gasteiger partial charge in [-0.2, -0.15) is 0 Å². The molecule has 0 aliphatic carbocycles. The first kappa shape index (κ1) is 12.8. The van der Waals surface area contributed by atoms with Gasteiger partial charge in [-0.05, 0) is 23.8 Å². The number of nitrogens with one attached hydrogen (secondary N) is 1. The summed E-state index contributed by atoms with van der Waals surface area (Å²) < 4.78 is 1.27. The molecule has 3 aromatic rings. The van der Waals surface area contributed by atoms with E-state index in [1.807, 2.05) is 0 Å². The quantitative estimate of drug-likeness (QED) is 0.785. The topological polar surface area (TPSA) is 28.2 Å². The third-order valence-corrected chi connectivity index (χ3v) is 4.89. The molecule has 21 heavy (non-hydrogen) atoms. The monoisotopic (exact) mass is 295 g/mol. The van der Waals surface area contributed by atoms with Crippen LogP contribution in [0.2, 0.25) is 0 Å². The Morgan fingerprint density at radius 2 is 1.95 bits per heavy atom. The van der Waals surface area contributed by atoms with E-state index in [1.54, 1.807) is 11.3 Å². The highest BCUT2D eigenvalue weighted by Crippen LogP contribution is 2.27. The Labute approximate surface area is 128 Å². The summed E-state index contributed by atoms with van der Waals surface area (Å²) in [5.74, 6) is 0. The van der Waals surface area contributed by atoms with Crippen LogP contribution in [0.4, 0.5) is 5.69 Å². The van der Waals surface area contributed by atoms with Crippen molar-refractivity contribution in [1.29, 1.82) is 0 Å². The van der Waals surface area contributed by atoms with Gasteiger partial charge in [0.2, 0.25) is 0 Å². The summed E-state index contributed by atoms with van der Waals surface area (Å²) in [5, 5.41) is 4.67. The van der Waals surface area contributed by atoms with E-state index in [0.29, 0.717) is 0 Å². The average Bonchev–Trinajstić information content (AvgIpc) is 2.82. The van der Waals surface area contributed by atoms with Gasteiger partial charge in [0.1, 0.15) is 5.01 Å². The number of hydrogen-bond acceptors (Lipinski definition) is 4. The Kier molecular flexibility index (Phi) is 3.33. The van der Waals surface area contributed by atoms with Crippen LogP contribution >= 0.6 is 11.3 Å². The van der Waals surface area contributed by atoms with E-state index in [0.717, 1.165) is 31.7 Å². The lowest BCUT2D eigenvalue weighted by atomic mass is 10.1. The molecule has 0 saturated carbocycles. The van der Waals surface area contributed by atoms with Gasteiger partial charge < -0.3 is 10.2 Å². The number of hydrogen-bond donors (Lipinski definition) is 1. The first-order valence-electron chi connectivity index (χ1n) is 7.28. The van der Waals surface area contributed by atoms with Crippen LogP contribution < -0.4 is 10.2 Å². The second kappa shape index (κ2) is 5.47. The van der Waals surface area contributed by atoms with Crippen LogP contribution in [0.3, 0.4) is 0 Å². The van der Waals surface area contributed by atoms with Gasteiger partial charge >= 0.3 is 0 Å². The van der Waals surface area contributed by atoms with E-state index < -0.39 is 0 Å². The maximum atomic E-state index is 4.77. The van der Waals surface area contributed by atoms with Gasteiger partial charge in [-0.15, -0.1) is 11.3 Å². The summed E-state index contributed by atoms with van der Waals surface area (Å²) in [6.45, 7) is 3.87. The maximum absolute atomic E-state index is 4.77. The number of anilines is 1. The predicted molar refractivity (Wildman–Crippen MR) is 88.8 cm³/mol. The Morgan fingerprint density at radius 1 is 1.10 bits per heavy atom. The minimum Gasteiger partial charge on any atom is -0.363 e. The van der Waals surface area contributed by atoms with E-state index in [2.05, 4.69) is 58.7 Å². The van der Waals surface area contributed by atoms with Crippen LogP contribution in [0.5, 0.6) is 0 Å². The number of para-hydroxylation sites is 2. The molecule has 4 heteroatoms. The van der Waals surface area contributed by atoms with Crippen molar-refractivity contribution in [3.05, 3.63) is 59.1 Å². The summed E-state index contributed by atoms with van der Waals surface area (Å²) in [7, 11) is 0. The van der Waals surface area contributed by atoms with Crippen molar-refractivity contribution in [1.82, 2.24) is 10.3 Å². The second-order valence-electron chi connectivity index (χ2n) is 5.30. The zero-order valence-corrected chi connectivity index (χ0v) is 12.6. The molecule has 0 saturated heterocycles. The highest BCUT2D eigenvalue weighted by atomic mass is 32.1. The third kappa shape index (κ3) is 2.52. The lowest BCUT2D eigenvalue weighted by Crippen LogP contribution is -2.28. The van der Waals surface area contributed by atoms with Gasteiger partial charge in [0, 0.05) is 25.3 Å². The van der Waals surface area contributed by atoms with Crippen molar-refractivity contribution in [3.63, 3.8) is 0 Å². The molecular formula is C17H17N3S. The standard InChI is InChI=1S/C17H17N3S/c1-3-7-15-13(5-1)11-18-9-10-20(15)12-17-19-14-6-2-4-8-16(14)21-17/h1-8,18H,9-12H2. The average molecular weight is 295 g/mol. The molecule has 0 amide bonds. The first-order valence-corrected chi connectivity index (χ1v) is 8.10. The molecular weight excluding hydrogens is 278 g/mol. The Morgan fingerprint density at radius 3 is 2.90 bits per heavy atom. The first-order chi connectivity index (χ1) is 10.4. The minimum atomic E-state index is 0.887. The molecule has 1 aliphatic heterocycles. The lowest BCUT2D eigenvalue weighted by molar-refractivity contribution is 0.688. The number of rotatable bonds is 2.